The first kappa shape index (κ1) is 15.8. The number of alkyl halides is 2. The van der Waals surface area contributed by atoms with E-state index in [1.807, 2.05) is 0 Å². The summed E-state index contributed by atoms with van der Waals surface area (Å²) in [5.74, 6) is -4.21. The number of para-hydroxylation sites is 1. The van der Waals surface area contributed by atoms with E-state index in [9.17, 15) is 22.0 Å². The lowest BCUT2D eigenvalue weighted by Gasteiger charge is -2.21. The van der Waals surface area contributed by atoms with Crippen molar-refractivity contribution in [2.75, 3.05) is 18.5 Å². The van der Waals surface area contributed by atoms with Gasteiger partial charge in [0, 0.05) is 19.1 Å². The Kier molecular flexibility index (Phi) is 4.89. The number of anilines is 1. The molecule has 1 N–H and O–H groups in total. The van der Waals surface area contributed by atoms with Crippen LogP contribution < -0.4 is 5.32 Å². The van der Waals surface area contributed by atoms with Gasteiger partial charge in [-0.15, -0.1) is 0 Å². The maximum absolute atomic E-state index is 12.7. The standard InChI is InChI=1S/C13H15F2NO4S/c14-13(15)21(18,19)11-4-2-1-3-10(11)16-12(17)9-5-7-20-8-6-9/h1-4,9,13H,5-8H2,(H,16,17). The van der Waals surface area contributed by atoms with Crippen LogP contribution in [0, 0.1) is 5.92 Å². The minimum Gasteiger partial charge on any atom is -0.381 e. The van der Waals surface area contributed by atoms with Gasteiger partial charge in [-0.3, -0.25) is 4.79 Å². The highest BCUT2D eigenvalue weighted by Gasteiger charge is 2.30. The molecule has 1 heterocycles. The van der Waals surface area contributed by atoms with Gasteiger partial charge in [0.15, 0.2) is 0 Å². The summed E-state index contributed by atoms with van der Waals surface area (Å²) in [6.07, 6.45) is 1.05. The molecule has 1 aromatic rings. The van der Waals surface area contributed by atoms with Crippen LogP contribution in [-0.2, 0) is 19.4 Å². The van der Waals surface area contributed by atoms with Crippen molar-refractivity contribution in [1.82, 2.24) is 0 Å². The largest absolute Gasteiger partial charge is 0.381 e. The Bertz CT molecular complexity index is 612. The summed E-state index contributed by atoms with van der Waals surface area (Å²) < 4.78 is 53.6. The summed E-state index contributed by atoms with van der Waals surface area (Å²) in [6, 6.07) is 5.16. The topological polar surface area (TPSA) is 72.5 Å². The van der Waals surface area contributed by atoms with Crippen molar-refractivity contribution in [3.05, 3.63) is 24.3 Å². The number of nitrogens with one attached hydrogen (secondary N) is 1. The van der Waals surface area contributed by atoms with Crippen LogP contribution in [0.5, 0.6) is 0 Å². The second-order valence-electron chi connectivity index (χ2n) is 4.68. The predicted molar refractivity (Wildman–Crippen MR) is 71.8 cm³/mol. The number of sulfone groups is 1. The first-order chi connectivity index (χ1) is 9.93. The lowest BCUT2D eigenvalue weighted by atomic mass is 9.99. The van der Waals surface area contributed by atoms with E-state index in [1.165, 1.54) is 18.2 Å². The molecule has 0 atom stereocenters. The molecule has 0 saturated carbocycles. The number of benzene rings is 1. The fourth-order valence-corrected chi connectivity index (χ4v) is 2.99. The van der Waals surface area contributed by atoms with E-state index in [-0.39, 0.29) is 17.5 Å². The van der Waals surface area contributed by atoms with Crippen LogP contribution in [0.2, 0.25) is 0 Å². The molecule has 116 valence electrons. The van der Waals surface area contributed by atoms with Crippen LogP contribution in [-0.4, -0.2) is 33.3 Å². The zero-order valence-corrected chi connectivity index (χ0v) is 11.9. The smallest absolute Gasteiger partial charge is 0.341 e. The van der Waals surface area contributed by atoms with Crippen LogP contribution in [0.15, 0.2) is 29.2 Å². The van der Waals surface area contributed by atoms with Crippen LogP contribution in [0.3, 0.4) is 0 Å². The second-order valence-corrected chi connectivity index (χ2v) is 6.56. The Balaban J connectivity index is 2.23. The van der Waals surface area contributed by atoms with Crippen LogP contribution in [0.1, 0.15) is 12.8 Å². The van der Waals surface area contributed by atoms with Crippen molar-refractivity contribution in [2.45, 2.75) is 23.5 Å². The minimum atomic E-state index is -4.76. The molecule has 1 aliphatic heterocycles. The van der Waals surface area contributed by atoms with Crippen molar-refractivity contribution >= 4 is 21.4 Å². The second kappa shape index (κ2) is 6.48. The van der Waals surface area contributed by atoms with Crippen molar-refractivity contribution in [3.63, 3.8) is 0 Å². The number of hydrogen-bond donors (Lipinski definition) is 1. The Morgan fingerprint density at radius 1 is 1.24 bits per heavy atom. The number of carbonyl (C=O) groups is 1. The maximum atomic E-state index is 12.7. The first-order valence-electron chi connectivity index (χ1n) is 6.42. The highest BCUT2D eigenvalue weighted by atomic mass is 32.2. The van der Waals surface area contributed by atoms with Gasteiger partial charge in [-0.2, -0.15) is 8.78 Å². The van der Waals surface area contributed by atoms with Gasteiger partial charge in [-0.05, 0) is 25.0 Å². The summed E-state index contributed by atoms with van der Waals surface area (Å²) in [6.45, 7) is 0.907. The average molecular weight is 319 g/mol. The molecule has 2 rings (SSSR count). The maximum Gasteiger partial charge on any atom is 0.341 e. The fraction of sp³-hybridized carbons (Fsp3) is 0.462. The van der Waals surface area contributed by atoms with Crippen LogP contribution >= 0.6 is 0 Å². The van der Waals surface area contributed by atoms with Gasteiger partial charge < -0.3 is 10.1 Å². The monoisotopic (exact) mass is 319 g/mol. The number of carbonyl (C=O) groups excluding carboxylic acids is 1. The van der Waals surface area contributed by atoms with Gasteiger partial charge in [0.2, 0.25) is 15.7 Å². The molecule has 1 saturated heterocycles. The van der Waals surface area contributed by atoms with E-state index in [2.05, 4.69) is 5.32 Å². The van der Waals surface area contributed by atoms with E-state index in [4.69, 9.17) is 4.74 Å². The van der Waals surface area contributed by atoms with Crippen molar-refractivity contribution < 1.29 is 26.7 Å². The van der Waals surface area contributed by atoms with E-state index in [0.29, 0.717) is 26.1 Å². The van der Waals surface area contributed by atoms with Gasteiger partial charge in [0.1, 0.15) is 0 Å². The van der Waals surface area contributed by atoms with Crippen molar-refractivity contribution in [1.29, 1.82) is 0 Å². The molecule has 1 amide bonds. The van der Waals surface area contributed by atoms with Gasteiger partial charge in [-0.25, -0.2) is 8.42 Å². The lowest BCUT2D eigenvalue weighted by molar-refractivity contribution is -0.122. The molecule has 8 heteroatoms. The summed E-state index contributed by atoms with van der Waals surface area (Å²) in [4.78, 5) is 11.5. The zero-order valence-electron chi connectivity index (χ0n) is 11.1. The fourth-order valence-electron chi connectivity index (χ4n) is 2.11. The molecule has 0 aliphatic carbocycles. The molecule has 0 bridgehead atoms. The first-order valence-corrected chi connectivity index (χ1v) is 7.97. The van der Waals surface area contributed by atoms with E-state index in [0.717, 1.165) is 6.07 Å². The molecule has 0 radical (unpaired) electrons. The normalized spacial score (nSPS) is 16.9. The average Bonchev–Trinajstić information content (AvgIpc) is 2.48. The third-order valence-corrected chi connectivity index (χ3v) is 4.72. The number of hydrogen-bond acceptors (Lipinski definition) is 4. The molecule has 1 fully saturated rings. The Morgan fingerprint density at radius 3 is 2.48 bits per heavy atom. The van der Waals surface area contributed by atoms with Crippen molar-refractivity contribution in [2.24, 2.45) is 5.92 Å². The molecule has 0 unspecified atom stereocenters. The van der Waals surface area contributed by atoms with Crippen LogP contribution in [0.4, 0.5) is 14.5 Å². The quantitative estimate of drug-likeness (QED) is 0.922. The van der Waals surface area contributed by atoms with E-state index in [1.54, 1.807) is 0 Å². The molecular weight excluding hydrogens is 304 g/mol. The summed E-state index contributed by atoms with van der Waals surface area (Å²) in [5, 5.41) is 2.43. The third-order valence-electron chi connectivity index (χ3n) is 3.28. The molecule has 0 spiro atoms. The highest BCUT2D eigenvalue weighted by molar-refractivity contribution is 7.91. The van der Waals surface area contributed by atoms with Crippen molar-refractivity contribution in [3.8, 4) is 0 Å². The Hall–Kier alpha value is -1.54. The van der Waals surface area contributed by atoms with E-state index < -0.39 is 20.5 Å². The molecule has 0 aromatic heterocycles. The molecule has 1 aliphatic rings. The van der Waals surface area contributed by atoms with E-state index >= 15 is 0 Å². The summed E-state index contributed by atoms with van der Waals surface area (Å²) in [7, 11) is -4.76. The summed E-state index contributed by atoms with van der Waals surface area (Å²) in [5.41, 5.74) is -0.116. The molecule has 5 nitrogen and oxygen atoms in total. The summed E-state index contributed by atoms with van der Waals surface area (Å²) >= 11 is 0. The number of halogens is 2. The predicted octanol–water partition coefficient (Wildman–Crippen LogP) is 2.05. The van der Waals surface area contributed by atoms with Gasteiger partial charge in [-0.1, -0.05) is 12.1 Å². The number of ether oxygens (including phenoxy) is 1. The zero-order chi connectivity index (χ0) is 15.5. The molecular formula is C13H15F2NO4S. The van der Waals surface area contributed by atoms with Gasteiger partial charge >= 0.3 is 5.76 Å². The Labute approximate surface area is 121 Å². The van der Waals surface area contributed by atoms with Gasteiger partial charge in [0.05, 0.1) is 10.6 Å². The SMILES string of the molecule is O=C(Nc1ccccc1S(=O)(=O)C(F)F)C1CCOCC1. The number of amides is 1. The molecule has 1 aromatic carbocycles. The van der Waals surface area contributed by atoms with Crippen LogP contribution in [0.25, 0.3) is 0 Å². The molecule has 21 heavy (non-hydrogen) atoms. The Morgan fingerprint density at radius 2 is 1.86 bits per heavy atom. The number of rotatable bonds is 4. The minimum absolute atomic E-state index is 0.116. The highest BCUT2D eigenvalue weighted by Crippen LogP contribution is 2.27. The third kappa shape index (κ3) is 3.56. The lowest BCUT2D eigenvalue weighted by Crippen LogP contribution is -2.29. The van der Waals surface area contributed by atoms with Gasteiger partial charge in [0.25, 0.3) is 0 Å².